The molecule has 0 bridgehead atoms. The molecule has 2 heterocycles. The average Bonchev–Trinajstić information content (AvgIpc) is 2.76. The van der Waals surface area contributed by atoms with Gasteiger partial charge in [-0.25, -0.2) is 0 Å². The lowest BCUT2D eigenvalue weighted by molar-refractivity contribution is -0.151. The molecule has 88 valence electrons. The zero-order chi connectivity index (χ0) is 11.8. The fourth-order valence-electron chi connectivity index (χ4n) is 2.30. The third-order valence-electron chi connectivity index (χ3n) is 3.40. The van der Waals surface area contributed by atoms with Crippen molar-refractivity contribution in [3.63, 3.8) is 0 Å². The number of carboxylic acids is 1. The Bertz CT molecular complexity index is 402. The molecule has 2 unspecified atom stereocenters. The third kappa shape index (κ3) is 1.71. The number of hydrogen-bond acceptors (Lipinski definition) is 3. The molecule has 16 heavy (non-hydrogen) atoms. The summed E-state index contributed by atoms with van der Waals surface area (Å²) in [5.41, 5.74) is 0.158. The molecule has 5 heteroatoms. The van der Waals surface area contributed by atoms with Crippen molar-refractivity contribution in [1.29, 1.82) is 0 Å². The van der Waals surface area contributed by atoms with E-state index in [0.717, 1.165) is 5.56 Å². The predicted molar refractivity (Wildman–Crippen MR) is 57.0 cm³/mol. The first-order valence-corrected chi connectivity index (χ1v) is 5.37. The van der Waals surface area contributed by atoms with Crippen LogP contribution in [0.2, 0.25) is 0 Å². The molecule has 0 saturated carbocycles. The number of rotatable bonds is 3. The maximum Gasteiger partial charge on any atom is 0.312 e. The minimum absolute atomic E-state index is 0.245. The summed E-state index contributed by atoms with van der Waals surface area (Å²) in [6.07, 6.45) is 4.38. The van der Waals surface area contributed by atoms with Gasteiger partial charge in [0.15, 0.2) is 0 Å². The number of carbonyl (C=O) groups is 1. The fraction of sp³-hybridized carbons (Fsp3) is 0.636. The Labute approximate surface area is 94.0 Å². The first kappa shape index (κ1) is 11.1. The SMILES string of the molecule is CC1OCCC1(Cc1cnn(C)c1)C(=O)O. The molecule has 2 atom stereocenters. The average molecular weight is 224 g/mol. The van der Waals surface area contributed by atoms with Gasteiger partial charge in [-0.15, -0.1) is 0 Å². The molecular formula is C11H16N2O3. The maximum atomic E-state index is 11.4. The maximum absolute atomic E-state index is 11.4. The lowest BCUT2D eigenvalue weighted by atomic mass is 9.77. The van der Waals surface area contributed by atoms with Crippen LogP contribution >= 0.6 is 0 Å². The van der Waals surface area contributed by atoms with Crippen LogP contribution in [-0.2, 0) is 23.0 Å². The van der Waals surface area contributed by atoms with Crippen LogP contribution in [0.1, 0.15) is 18.9 Å². The van der Waals surface area contributed by atoms with E-state index in [-0.39, 0.29) is 6.10 Å². The van der Waals surface area contributed by atoms with Gasteiger partial charge in [-0.3, -0.25) is 9.48 Å². The summed E-state index contributed by atoms with van der Waals surface area (Å²) in [7, 11) is 1.82. The molecule has 0 spiro atoms. The second kappa shape index (κ2) is 3.90. The highest BCUT2D eigenvalue weighted by atomic mass is 16.5. The van der Waals surface area contributed by atoms with Gasteiger partial charge in [-0.2, -0.15) is 5.10 Å². The predicted octanol–water partition coefficient (Wildman–Crippen LogP) is 0.842. The molecule has 1 aromatic rings. The zero-order valence-corrected chi connectivity index (χ0v) is 9.51. The van der Waals surface area contributed by atoms with Gasteiger partial charge in [-0.05, 0) is 25.3 Å². The van der Waals surface area contributed by atoms with Crippen molar-refractivity contribution in [3.8, 4) is 0 Å². The zero-order valence-electron chi connectivity index (χ0n) is 9.51. The molecule has 1 aliphatic rings. The first-order valence-electron chi connectivity index (χ1n) is 5.37. The number of carboxylic acid groups (broad SMARTS) is 1. The molecule has 1 aliphatic heterocycles. The molecule has 1 aromatic heterocycles. The Morgan fingerprint density at radius 2 is 2.56 bits per heavy atom. The quantitative estimate of drug-likeness (QED) is 0.826. The number of hydrogen-bond donors (Lipinski definition) is 1. The second-order valence-corrected chi connectivity index (χ2v) is 4.42. The Kier molecular flexibility index (Phi) is 2.71. The summed E-state index contributed by atoms with van der Waals surface area (Å²) in [5, 5.41) is 13.5. The second-order valence-electron chi connectivity index (χ2n) is 4.42. The summed E-state index contributed by atoms with van der Waals surface area (Å²) >= 11 is 0. The van der Waals surface area contributed by atoms with E-state index in [9.17, 15) is 9.90 Å². The number of aliphatic carboxylic acids is 1. The van der Waals surface area contributed by atoms with Crippen molar-refractivity contribution in [1.82, 2.24) is 9.78 Å². The van der Waals surface area contributed by atoms with Gasteiger partial charge in [0.2, 0.25) is 0 Å². The standard InChI is InChI=1S/C11H16N2O3/c1-8-11(10(14)15,3-4-16-8)5-9-6-12-13(2)7-9/h6-8H,3-5H2,1-2H3,(H,14,15). The first-order chi connectivity index (χ1) is 7.54. The van der Waals surface area contributed by atoms with Crippen molar-refractivity contribution < 1.29 is 14.6 Å². The van der Waals surface area contributed by atoms with Crippen LogP contribution in [-0.4, -0.2) is 33.6 Å². The van der Waals surface area contributed by atoms with Crippen LogP contribution in [0.3, 0.4) is 0 Å². The number of aromatic nitrogens is 2. The lowest BCUT2D eigenvalue weighted by Gasteiger charge is -2.26. The number of nitrogens with zero attached hydrogens (tertiary/aromatic N) is 2. The number of ether oxygens (including phenoxy) is 1. The van der Waals surface area contributed by atoms with Crippen molar-refractivity contribution in [2.45, 2.75) is 25.9 Å². The highest BCUT2D eigenvalue weighted by Crippen LogP contribution is 2.38. The highest BCUT2D eigenvalue weighted by Gasteiger charge is 2.48. The summed E-state index contributed by atoms with van der Waals surface area (Å²) in [5.74, 6) is -0.777. The van der Waals surface area contributed by atoms with E-state index in [1.165, 1.54) is 0 Å². The molecular weight excluding hydrogens is 208 g/mol. The van der Waals surface area contributed by atoms with Crippen molar-refractivity contribution >= 4 is 5.97 Å². The largest absolute Gasteiger partial charge is 0.481 e. The fourth-order valence-corrected chi connectivity index (χ4v) is 2.30. The Morgan fingerprint density at radius 1 is 1.81 bits per heavy atom. The van der Waals surface area contributed by atoms with E-state index in [2.05, 4.69) is 5.10 Å². The Morgan fingerprint density at radius 3 is 3.00 bits per heavy atom. The third-order valence-corrected chi connectivity index (χ3v) is 3.40. The van der Waals surface area contributed by atoms with Crippen LogP contribution < -0.4 is 0 Å². The summed E-state index contributed by atoms with van der Waals surface area (Å²) < 4.78 is 7.09. The minimum atomic E-state index is -0.789. The van der Waals surface area contributed by atoms with Gasteiger partial charge in [0.05, 0.1) is 17.7 Å². The normalized spacial score (nSPS) is 29.5. The number of aryl methyl sites for hydroxylation is 1. The van der Waals surface area contributed by atoms with Gasteiger partial charge < -0.3 is 9.84 Å². The summed E-state index contributed by atoms with van der Waals surface area (Å²) in [6.45, 7) is 2.35. The van der Waals surface area contributed by atoms with Gasteiger partial charge in [0.1, 0.15) is 0 Å². The molecule has 1 fully saturated rings. The minimum Gasteiger partial charge on any atom is -0.481 e. The van der Waals surface area contributed by atoms with E-state index >= 15 is 0 Å². The van der Waals surface area contributed by atoms with E-state index in [0.29, 0.717) is 19.4 Å². The molecule has 5 nitrogen and oxygen atoms in total. The van der Waals surface area contributed by atoms with Crippen LogP contribution in [0, 0.1) is 5.41 Å². The van der Waals surface area contributed by atoms with Gasteiger partial charge in [0, 0.05) is 19.9 Å². The smallest absolute Gasteiger partial charge is 0.312 e. The van der Waals surface area contributed by atoms with E-state index in [1.54, 1.807) is 10.9 Å². The van der Waals surface area contributed by atoms with Gasteiger partial charge in [-0.1, -0.05) is 0 Å². The summed E-state index contributed by atoms with van der Waals surface area (Å²) in [6, 6.07) is 0. The summed E-state index contributed by atoms with van der Waals surface area (Å²) in [4.78, 5) is 11.4. The van der Waals surface area contributed by atoms with Crippen molar-refractivity contribution in [2.24, 2.45) is 12.5 Å². The Hall–Kier alpha value is -1.36. The van der Waals surface area contributed by atoms with Crippen molar-refractivity contribution in [3.05, 3.63) is 18.0 Å². The van der Waals surface area contributed by atoms with E-state index in [1.807, 2.05) is 20.2 Å². The molecule has 0 aliphatic carbocycles. The monoisotopic (exact) mass is 224 g/mol. The van der Waals surface area contributed by atoms with Crippen LogP contribution in [0.4, 0.5) is 0 Å². The molecule has 0 radical (unpaired) electrons. The van der Waals surface area contributed by atoms with Crippen LogP contribution in [0.25, 0.3) is 0 Å². The highest BCUT2D eigenvalue weighted by molar-refractivity contribution is 5.76. The molecule has 2 rings (SSSR count). The topological polar surface area (TPSA) is 64.4 Å². The van der Waals surface area contributed by atoms with E-state index < -0.39 is 11.4 Å². The molecule has 0 amide bonds. The van der Waals surface area contributed by atoms with Crippen LogP contribution in [0.5, 0.6) is 0 Å². The van der Waals surface area contributed by atoms with Crippen LogP contribution in [0.15, 0.2) is 12.4 Å². The van der Waals surface area contributed by atoms with Gasteiger partial charge >= 0.3 is 5.97 Å². The molecule has 1 saturated heterocycles. The molecule has 1 N–H and O–H groups in total. The van der Waals surface area contributed by atoms with Crippen molar-refractivity contribution in [2.75, 3.05) is 6.61 Å². The molecule has 0 aromatic carbocycles. The Balaban J connectivity index is 2.24. The van der Waals surface area contributed by atoms with Gasteiger partial charge in [0.25, 0.3) is 0 Å². The lowest BCUT2D eigenvalue weighted by Crippen LogP contribution is -2.39. The van der Waals surface area contributed by atoms with E-state index in [4.69, 9.17) is 4.74 Å².